The van der Waals surface area contributed by atoms with Crippen molar-refractivity contribution in [3.05, 3.63) is 95.4 Å². The lowest BCUT2D eigenvalue weighted by atomic mass is 9.78. The zero-order chi connectivity index (χ0) is 25.8. The quantitative estimate of drug-likeness (QED) is 0.397. The lowest BCUT2D eigenvalue weighted by Gasteiger charge is -2.35. The van der Waals surface area contributed by atoms with Crippen LogP contribution >= 0.6 is 0 Å². The molecular weight excluding hydrogens is 469 g/mol. The van der Waals surface area contributed by atoms with E-state index in [1.807, 2.05) is 30.3 Å². The Bertz CT molecular complexity index is 1170. The number of ether oxygens (including phenoxy) is 2. The summed E-state index contributed by atoms with van der Waals surface area (Å²) in [5, 5.41) is 6.08. The lowest BCUT2D eigenvalue weighted by Crippen LogP contribution is -2.38. The first-order valence-corrected chi connectivity index (χ1v) is 12.0. The molecule has 8 heteroatoms. The number of rotatable bonds is 8. The molecule has 0 N–H and O–H groups in total. The van der Waals surface area contributed by atoms with Crippen LogP contribution in [-0.2, 0) is 32.5 Å². The summed E-state index contributed by atoms with van der Waals surface area (Å²) in [6, 6.07) is 15.1. The molecule has 1 aliphatic carbocycles. The molecule has 2 aromatic carbocycles. The van der Waals surface area contributed by atoms with Crippen molar-refractivity contribution >= 4 is 11.7 Å². The first-order chi connectivity index (χ1) is 17.2. The molecule has 4 rings (SSSR count). The number of alkyl halides is 3. The maximum atomic E-state index is 13.5. The van der Waals surface area contributed by atoms with Crippen LogP contribution < -0.4 is 0 Å². The van der Waals surface area contributed by atoms with Gasteiger partial charge >= 0.3 is 12.1 Å². The third-order valence-corrected chi connectivity index (χ3v) is 6.61. The number of esters is 1. The Labute approximate surface area is 208 Å². The van der Waals surface area contributed by atoms with Crippen LogP contribution in [-0.4, -0.2) is 29.8 Å². The normalized spacial score (nSPS) is 17.4. The van der Waals surface area contributed by atoms with E-state index in [2.05, 4.69) is 11.7 Å². The number of carbonyl (C=O) groups excluding carboxylic acids is 1. The molecule has 2 aliphatic rings. The van der Waals surface area contributed by atoms with Crippen LogP contribution in [0.4, 0.5) is 13.2 Å². The smallest absolute Gasteiger partial charge is 0.416 e. The Morgan fingerprint density at radius 1 is 1.11 bits per heavy atom. The van der Waals surface area contributed by atoms with Crippen molar-refractivity contribution in [3.8, 4) is 0 Å². The summed E-state index contributed by atoms with van der Waals surface area (Å²) < 4.78 is 51.6. The number of hydrogen-bond donors (Lipinski definition) is 0. The Morgan fingerprint density at radius 2 is 1.83 bits per heavy atom. The molecular formula is C28H29F3N2O3. The molecule has 5 nitrogen and oxygen atoms in total. The van der Waals surface area contributed by atoms with Crippen molar-refractivity contribution in [3.63, 3.8) is 0 Å². The molecule has 36 heavy (non-hydrogen) atoms. The fourth-order valence-corrected chi connectivity index (χ4v) is 4.78. The molecule has 1 heterocycles. The van der Waals surface area contributed by atoms with E-state index in [9.17, 15) is 18.0 Å². The van der Waals surface area contributed by atoms with Crippen LogP contribution in [0.1, 0.15) is 49.3 Å². The van der Waals surface area contributed by atoms with Crippen molar-refractivity contribution in [2.45, 2.75) is 50.8 Å². The van der Waals surface area contributed by atoms with E-state index in [1.165, 1.54) is 12.1 Å². The number of carbonyl (C=O) groups is 1. The fraction of sp³-hybridized carbons (Fsp3) is 0.357. The van der Waals surface area contributed by atoms with E-state index in [-0.39, 0.29) is 18.9 Å². The highest BCUT2D eigenvalue weighted by molar-refractivity contribution is 6.44. The van der Waals surface area contributed by atoms with E-state index in [0.29, 0.717) is 36.3 Å². The minimum atomic E-state index is -4.42. The van der Waals surface area contributed by atoms with Crippen molar-refractivity contribution in [1.29, 1.82) is 0 Å². The molecule has 0 unspecified atom stereocenters. The van der Waals surface area contributed by atoms with Gasteiger partial charge in [-0.05, 0) is 37.0 Å². The molecule has 1 saturated carbocycles. The minimum Gasteiger partial charge on any atom is -0.487 e. The molecule has 0 bridgehead atoms. The third-order valence-electron chi connectivity index (χ3n) is 6.61. The van der Waals surface area contributed by atoms with E-state index in [4.69, 9.17) is 9.47 Å². The largest absolute Gasteiger partial charge is 0.487 e. The van der Waals surface area contributed by atoms with E-state index < -0.39 is 23.1 Å². The van der Waals surface area contributed by atoms with Gasteiger partial charge in [-0.2, -0.15) is 18.3 Å². The van der Waals surface area contributed by atoms with Gasteiger partial charge in [0.25, 0.3) is 0 Å². The number of hydrazone groups is 1. The topological polar surface area (TPSA) is 51.1 Å². The van der Waals surface area contributed by atoms with Gasteiger partial charge in [0.1, 0.15) is 12.4 Å². The van der Waals surface area contributed by atoms with Crippen LogP contribution in [0.3, 0.4) is 0 Å². The Hall–Kier alpha value is -3.55. The number of allylic oxidation sites excluding steroid dienone is 1. The average Bonchev–Trinajstić information content (AvgIpc) is 3.34. The SMILES string of the molecule is C=C1C(OCc2ccccc2)=CN(CC2(c3cccc(C(F)(F)F)c3)CCCC2)N=C1C(=O)OCC. The van der Waals surface area contributed by atoms with Gasteiger partial charge in [-0.15, -0.1) is 0 Å². The monoisotopic (exact) mass is 498 g/mol. The Kier molecular flexibility index (Phi) is 7.52. The summed E-state index contributed by atoms with van der Waals surface area (Å²) >= 11 is 0. The zero-order valence-corrected chi connectivity index (χ0v) is 20.2. The molecule has 0 radical (unpaired) electrons. The van der Waals surface area contributed by atoms with Gasteiger partial charge < -0.3 is 9.47 Å². The van der Waals surface area contributed by atoms with Crippen molar-refractivity contribution < 1.29 is 27.4 Å². The highest BCUT2D eigenvalue weighted by Crippen LogP contribution is 2.44. The second-order valence-electron chi connectivity index (χ2n) is 9.08. The highest BCUT2D eigenvalue weighted by atomic mass is 19.4. The summed E-state index contributed by atoms with van der Waals surface area (Å²) in [6.07, 6.45) is 0.459. The van der Waals surface area contributed by atoms with Gasteiger partial charge in [-0.3, -0.25) is 5.01 Å². The van der Waals surface area contributed by atoms with Gasteiger partial charge in [0.15, 0.2) is 5.71 Å². The zero-order valence-electron chi connectivity index (χ0n) is 20.2. The van der Waals surface area contributed by atoms with E-state index in [0.717, 1.165) is 24.5 Å². The van der Waals surface area contributed by atoms with Gasteiger partial charge in [0, 0.05) is 11.0 Å². The van der Waals surface area contributed by atoms with Gasteiger partial charge in [-0.1, -0.05) is 68.0 Å². The van der Waals surface area contributed by atoms with Gasteiger partial charge in [0.05, 0.1) is 24.9 Å². The van der Waals surface area contributed by atoms with Crippen molar-refractivity contribution in [2.75, 3.05) is 13.2 Å². The lowest BCUT2D eigenvalue weighted by molar-refractivity contribution is -0.138. The minimum absolute atomic E-state index is 0.0274. The standard InChI is InChI=1S/C28H29F3N2O3/c1-3-35-26(34)25-20(2)24(36-18-21-10-5-4-6-11-21)17-33(32-25)19-27(14-7-8-15-27)22-12-9-13-23(16-22)28(29,30)31/h4-6,9-13,16-17H,2-3,7-8,14-15,18-19H2,1H3. The molecule has 0 spiro atoms. The predicted octanol–water partition coefficient (Wildman–Crippen LogP) is 6.37. The number of nitrogens with zero attached hydrogens (tertiary/aromatic N) is 2. The van der Waals surface area contributed by atoms with Crippen LogP contribution in [0.2, 0.25) is 0 Å². The average molecular weight is 499 g/mol. The first-order valence-electron chi connectivity index (χ1n) is 12.0. The van der Waals surface area contributed by atoms with Crippen LogP contribution in [0.5, 0.6) is 0 Å². The molecule has 0 aromatic heterocycles. The molecule has 0 saturated heterocycles. The molecule has 0 amide bonds. The van der Waals surface area contributed by atoms with E-state index >= 15 is 0 Å². The third kappa shape index (κ3) is 5.64. The highest BCUT2D eigenvalue weighted by Gasteiger charge is 2.40. The Balaban J connectivity index is 1.66. The molecule has 1 fully saturated rings. The molecule has 1 aliphatic heterocycles. The second kappa shape index (κ2) is 10.6. The Morgan fingerprint density at radius 3 is 2.50 bits per heavy atom. The van der Waals surface area contributed by atoms with Gasteiger partial charge in [-0.25, -0.2) is 4.79 Å². The maximum Gasteiger partial charge on any atom is 0.416 e. The first kappa shape index (κ1) is 25.5. The maximum absolute atomic E-state index is 13.5. The predicted molar refractivity (Wildman–Crippen MR) is 131 cm³/mol. The number of halogens is 3. The van der Waals surface area contributed by atoms with Crippen LogP contribution in [0.15, 0.2) is 83.8 Å². The van der Waals surface area contributed by atoms with Crippen LogP contribution in [0.25, 0.3) is 0 Å². The fourth-order valence-electron chi connectivity index (χ4n) is 4.78. The van der Waals surface area contributed by atoms with Gasteiger partial charge in [0.2, 0.25) is 0 Å². The molecule has 0 atom stereocenters. The second-order valence-corrected chi connectivity index (χ2v) is 9.08. The summed E-state index contributed by atoms with van der Waals surface area (Å²) in [6.45, 7) is 6.42. The van der Waals surface area contributed by atoms with Crippen LogP contribution in [0, 0.1) is 0 Å². The summed E-state index contributed by atoms with van der Waals surface area (Å²) in [7, 11) is 0. The molecule has 190 valence electrons. The van der Waals surface area contributed by atoms with E-state index in [1.54, 1.807) is 24.2 Å². The summed E-state index contributed by atoms with van der Waals surface area (Å²) in [4.78, 5) is 12.7. The number of hydrogen-bond acceptors (Lipinski definition) is 5. The van der Waals surface area contributed by atoms with Crippen molar-refractivity contribution in [1.82, 2.24) is 5.01 Å². The summed E-state index contributed by atoms with van der Waals surface area (Å²) in [5.74, 6) is -0.255. The number of benzene rings is 2. The summed E-state index contributed by atoms with van der Waals surface area (Å²) in [5.41, 5.74) is 0.669. The van der Waals surface area contributed by atoms with Crippen molar-refractivity contribution in [2.24, 2.45) is 5.10 Å². The molecule has 2 aromatic rings.